The molecule has 2 heterocycles. The number of nitrogens with zero attached hydrogens (tertiary/aromatic N) is 4. The number of aromatic nitrogens is 5. The first-order chi connectivity index (χ1) is 6.93. The van der Waals surface area contributed by atoms with Gasteiger partial charge in [-0.25, -0.2) is 9.97 Å². The van der Waals surface area contributed by atoms with E-state index in [1.165, 1.54) is 6.33 Å². The molecule has 0 radical (unpaired) electrons. The van der Waals surface area contributed by atoms with E-state index in [1.807, 2.05) is 24.3 Å². The quantitative estimate of drug-likeness (QED) is 0.618. The van der Waals surface area contributed by atoms with Crippen LogP contribution in [-0.2, 0) is 0 Å². The molecule has 0 unspecified atom stereocenters. The van der Waals surface area contributed by atoms with Crippen molar-refractivity contribution < 1.29 is 0 Å². The highest BCUT2D eigenvalue weighted by atomic mass is 15.4. The van der Waals surface area contributed by atoms with E-state index < -0.39 is 0 Å². The summed E-state index contributed by atoms with van der Waals surface area (Å²) in [5.74, 6) is 0.684. The standard InChI is InChI=1S/C9H7N5/c1-2-4-8-7(3-1)12-9(13-8)14-6-10-5-11-14/h1-6H,(H,12,13). The fraction of sp³-hybridized carbons (Fsp3) is 0. The first-order valence-electron chi connectivity index (χ1n) is 4.23. The molecule has 1 N–H and O–H groups in total. The molecule has 5 heteroatoms. The maximum atomic E-state index is 4.36. The Morgan fingerprint density at radius 1 is 1.21 bits per heavy atom. The Bertz CT molecular complexity index is 518. The van der Waals surface area contributed by atoms with Crippen molar-refractivity contribution in [2.75, 3.05) is 0 Å². The molecule has 0 spiro atoms. The first kappa shape index (κ1) is 7.25. The summed E-state index contributed by atoms with van der Waals surface area (Å²) >= 11 is 0. The molecule has 68 valence electrons. The average Bonchev–Trinajstić information content (AvgIpc) is 2.86. The van der Waals surface area contributed by atoms with Gasteiger partial charge < -0.3 is 4.98 Å². The number of rotatable bonds is 1. The van der Waals surface area contributed by atoms with Gasteiger partial charge in [0.1, 0.15) is 12.7 Å². The molecule has 0 atom stereocenters. The SMILES string of the molecule is c1ccc2[nH]c(-n3cncn3)nc2c1. The molecular formula is C9H7N5. The van der Waals surface area contributed by atoms with Gasteiger partial charge in [0.15, 0.2) is 0 Å². The van der Waals surface area contributed by atoms with Crippen molar-refractivity contribution >= 4 is 11.0 Å². The highest BCUT2D eigenvalue weighted by Gasteiger charge is 2.03. The van der Waals surface area contributed by atoms with Crippen LogP contribution < -0.4 is 0 Å². The highest BCUT2D eigenvalue weighted by Crippen LogP contribution is 2.11. The summed E-state index contributed by atoms with van der Waals surface area (Å²) in [6, 6.07) is 7.84. The number of imidazole rings is 1. The Balaban J connectivity index is 2.24. The van der Waals surface area contributed by atoms with Gasteiger partial charge in [0.25, 0.3) is 0 Å². The first-order valence-corrected chi connectivity index (χ1v) is 4.23. The molecule has 0 saturated heterocycles. The Morgan fingerprint density at radius 3 is 2.93 bits per heavy atom. The van der Waals surface area contributed by atoms with Gasteiger partial charge in [-0.3, -0.25) is 0 Å². The molecule has 3 aromatic rings. The molecule has 0 amide bonds. The molecule has 0 aliphatic carbocycles. The van der Waals surface area contributed by atoms with Crippen LogP contribution in [-0.4, -0.2) is 24.7 Å². The predicted octanol–water partition coefficient (Wildman–Crippen LogP) is 1.14. The van der Waals surface area contributed by atoms with Crippen LogP contribution in [0.4, 0.5) is 0 Å². The smallest absolute Gasteiger partial charge is 0.230 e. The average molecular weight is 185 g/mol. The van der Waals surface area contributed by atoms with Crippen LogP contribution in [0.25, 0.3) is 17.0 Å². The van der Waals surface area contributed by atoms with E-state index in [1.54, 1.807) is 11.0 Å². The number of benzene rings is 1. The number of fused-ring (bicyclic) bond motifs is 1. The summed E-state index contributed by atoms with van der Waals surface area (Å²) < 4.78 is 1.60. The van der Waals surface area contributed by atoms with Gasteiger partial charge >= 0.3 is 0 Å². The van der Waals surface area contributed by atoms with Crippen LogP contribution in [0.3, 0.4) is 0 Å². The van der Waals surface area contributed by atoms with Crippen molar-refractivity contribution in [3.8, 4) is 5.95 Å². The lowest BCUT2D eigenvalue weighted by Crippen LogP contribution is -1.95. The molecule has 1 aromatic carbocycles. The third-order valence-electron chi connectivity index (χ3n) is 2.01. The van der Waals surface area contributed by atoms with Gasteiger partial charge in [0, 0.05) is 0 Å². The zero-order valence-electron chi connectivity index (χ0n) is 7.25. The Morgan fingerprint density at radius 2 is 2.14 bits per heavy atom. The summed E-state index contributed by atoms with van der Waals surface area (Å²) in [6.45, 7) is 0. The Hall–Kier alpha value is -2.17. The summed E-state index contributed by atoms with van der Waals surface area (Å²) in [7, 11) is 0. The molecule has 0 bridgehead atoms. The number of nitrogens with one attached hydrogen (secondary N) is 1. The molecule has 14 heavy (non-hydrogen) atoms. The topological polar surface area (TPSA) is 59.4 Å². The highest BCUT2D eigenvalue weighted by molar-refractivity contribution is 5.75. The zero-order valence-corrected chi connectivity index (χ0v) is 7.25. The molecule has 2 aromatic heterocycles. The number of para-hydroxylation sites is 2. The second-order valence-corrected chi connectivity index (χ2v) is 2.92. The number of H-pyrrole nitrogens is 1. The fourth-order valence-corrected chi connectivity index (χ4v) is 1.37. The van der Waals surface area contributed by atoms with Crippen LogP contribution >= 0.6 is 0 Å². The van der Waals surface area contributed by atoms with Gasteiger partial charge in [-0.05, 0) is 12.1 Å². The fourth-order valence-electron chi connectivity index (χ4n) is 1.37. The molecule has 5 nitrogen and oxygen atoms in total. The van der Waals surface area contributed by atoms with Crippen molar-refractivity contribution in [3.63, 3.8) is 0 Å². The van der Waals surface area contributed by atoms with Gasteiger partial charge in [0.2, 0.25) is 5.95 Å². The number of aromatic amines is 1. The largest absolute Gasteiger partial charge is 0.322 e. The van der Waals surface area contributed by atoms with Crippen molar-refractivity contribution in [1.82, 2.24) is 24.7 Å². The minimum absolute atomic E-state index is 0.684. The monoisotopic (exact) mass is 185 g/mol. The summed E-state index contributed by atoms with van der Waals surface area (Å²) in [6.07, 6.45) is 3.09. The van der Waals surface area contributed by atoms with E-state index in [-0.39, 0.29) is 0 Å². The Labute approximate surface area is 79.4 Å². The van der Waals surface area contributed by atoms with E-state index >= 15 is 0 Å². The van der Waals surface area contributed by atoms with Crippen molar-refractivity contribution in [2.24, 2.45) is 0 Å². The van der Waals surface area contributed by atoms with Crippen molar-refractivity contribution in [3.05, 3.63) is 36.9 Å². The maximum absolute atomic E-state index is 4.36. The van der Waals surface area contributed by atoms with Gasteiger partial charge in [-0.2, -0.15) is 9.78 Å². The molecule has 3 rings (SSSR count). The van der Waals surface area contributed by atoms with Gasteiger partial charge in [-0.15, -0.1) is 0 Å². The molecule has 0 aliphatic heterocycles. The molecule has 0 fully saturated rings. The lowest BCUT2D eigenvalue weighted by molar-refractivity contribution is 0.827. The van der Waals surface area contributed by atoms with Crippen LogP contribution in [0.5, 0.6) is 0 Å². The summed E-state index contributed by atoms with van der Waals surface area (Å²) in [4.78, 5) is 11.4. The zero-order chi connectivity index (χ0) is 9.38. The Kier molecular flexibility index (Phi) is 1.38. The molecule has 0 aliphatic rings. The van der Waals surface area contributed by atoms with Gasteiger partial charge in [-0.1, -0.05) is 12.1 Å². The van der Waals surface area contributed by atoms with Crippen molar-refractivity contribution in [1.29, 1.82) is 0 Å². The van der Waals surface area contributed by atoms with Crippen LogP contribution in [0.2, 0.25) is 0 Å². The van der Waals surface area contributed by atoms with E-state index in [2.05, 4.69) is 20.1 Å². The second-order valence-electron chi connectivity index (χ2n) is 2.92. The van der Waals surface area contributed by atoms with E-state index in [0.717, 1.165) is 11.0 Å². The number of hydrogen-bond donors (Lipinski definition) is 1. The lowest BCUT2D eigenvalue weighted by atomic mass is 10.3. The molecular weight excluding hydrogens is 178 g/mol. The van der Waals surface area contributed by atoms with Crippen LogP contribution in [0.1, 0.15) is 0 Å². The van der Waals surface area contributed by atoms with Crippen LogP contribution in [0, 0.1) is 0 Å². The molecule has 0 saturated carbocycles. The lowest BCUT2D eigenvalue weighted by Gasteiger charge is -1.89. The van der Waals surface area contributed by atoms with Gasteiger partial charge in [0.05, 0.1) is 11.0 Å². The predicted molar refractivity (Wildman–Crippen MR) is 51.0 cm³/mol. The maximum Gasteiger partial charge on any atom is 0.230 e. The normalized spacial score (nSPS) is 10.9. The number of hydrogen-bond acceptors (Lipinski definition) is 3. The minimum Gasteiger partial charge on any atom is -0.322 e. The van der Waals surface area contributed by atoms with E-state index in [4.69, 9.17) is 0 Å². The minimum atomic E-state index is 0.684. The summed E-state index contributed by atoms with van der Waals surface area (Å²) in [5.41, 5.74) is 1.93. The third kappa shape index (κ3) is 0.990. The summed E-state index contributed by atoms with van der Waals surface area (Å²) in [5, 5.41) is 3.99. The second kappa shape index (κ2) is 2.66. The van der Waals surface area contributed by atoms with E-state index in [9.17, 15) is 0 Å². The van der Waals surface area contributed by atoms with Crippen molar-refractivity contribution in [2.45, 2.75) is 0 Å². The van der Waals surface area contributed by atoms with Crippen LogP contribution in [0.15, 0.2) is 36.9 Å². The third-order valence-corrected chi connectivity index (χ3v) is 2.01. The van der Waals surface area contributed by atoms with E-state index in [0.29, 0.717) is 5.95 Å².